The van der Waals surface area contributed by atoms with Gasteiger partial charge in [0.05, 0.1) is 24.2 Å². The normalized spacial score (nSPS) is 25.1. The third-order valence-electron chi connectivity index (χ3n) is 5.23. The van der Waals surface area contributed by atoms with Crippen molar-refractivity contribution in [2.24, 2.45) is 16.2 Å². The van der Waals surface area contributed by atoms with Gasteiger partial charge >= 0.3 is 10.3 Å². The average molecular weight is 408 g/mol. The van der Waals surface area contributed by atoms with E-state index in [9.17, 15) is 8.42 Å². The lowest BCUT2D eigenvalue weighted by Crippen LogP contribution is -2.19. The number of nitrogens with one attached hydrogen (secondary N) is 1. The van der Waals surface area contributed by atoms with Gasteiger partial charge in [-0.3, -0.25) is 4.18 Å². The molecule has 3 heterocycles. The Balaban J connectivity index is 1.45. The van der Waals surface area contributed by atoms with Gasteiger partial charge in [-0.15, -0.1) is 0 Å². The second kappa shape index (κ2) is 7.64. The third-order valence-corrected chi connectivity index (χ3v) is 5.69. The molecule has 3 atom stereocenters. The van der Waals surface area contributed by atoms with Crippen molar-refractivity contribution < 1.29 is 17.4 Å². The zero-order chi connectivity index (χ0) is 19.7. The molecule has 2 aliphatic rings. The van der Waals surface area contributed by atoms with Gasteiger partial charge in [0.15, 0.2) is 0 Å². The number of fused-ring (bicyclic) bond motifs is 1. The molecule has 1 fully saturated rings. The van der Waals surface area contributed by atoms with E-state index in [-0.39, 0.29) is 24.7 Å². The minimum atomic E-state index is -3.89. The number of nitrogens with two attached hydrogens (primary N) is 1. The van der Waals surface area contributed by atoms with Gasteiger partial charge in [-0.2, -0.15) is 8.42 Å². The first-order valence-electron chi connectivity index (χ1n) is 9.33. The Morgan fingerprint density at radius 2 is 2.25 bits per heavy atom. The predicted molar refractivity (Wildman–Crippen MR) is 104 cm³/mol. The van der Waals surface area contributed by atoms with E-state index >= 15 is 0 Å². The third kappa shape index (κ3) is 4.26. The summed E-state index contributed by atoms with van der Waals surface area (Å²) in [4.78, 5) is 14.0. The summed E-state index contributed by atoms with van der Waals surface area (Å²) in [5, 5.41) is 13.3. The lowest BCUT2D eigenvalue weighted by Gasteiger charge is -2.14. The lowest BCUT2D eigenvalue weighted by molar-refractivity contribution is 0.0995. The summed E-state index contributed by atoms with van der Waals surface area (Å²) in [6, 6.07) is 2.24. The molecule has 1 unspecified atom stereocenters. The highest BCUT2D eigenvalue weighted by atomic mass is 32.2. The smallest absolute Gasteiger partial charge is 0.333 e. The Bertz CT molecular complexity index is 989. The van der Waals surface area contributed by atoms with E-state index in [1.54, 1.807) is 6.33 Å². The molecule has 1 aliphatic carbocycles. The number of anilines is 1. The predicted octanol–water partition coefficient (Wildman–Crippen LogP) is 1.57. The van der Waals surface area contributed by atoms with Gasteiger partial charge in [0.25, 0.3) is 0 Å². The molecule has 0 saturated heterocycles. The minimum absolute atomic E-state index is 0.122. The monoisotopic (exact) mass is 408 g/mol. The summed E-state index contributed by atoms with van der Waals surface area (Å²) in [6.45, 7) is 2.69. The molecule has 0 amide bonds. The minimum Gasteiger partial charge on any atom is -0.392 e. The molecule has 1 aliphatic heterocycles. The second-order valence-corrected chi connectivity index (χ2v) is 8.65. The molecule has 11 heteroatoms. The van der Waals surface area contributed by atoms with E-state index in [4.69, 9.17) is 14.2 Å². The topological polar surface area (TPSA) is 134 Å². The van der Waals surface area contributed by atoms with E-state index in [0.29, 0.717) is 6.54 Å². The van der Waals surface area contributed by atoms with E-state index in [0.717, 1.165) is 48.2 Å². The molecule has 0 bridgehead atoms. The summed E-state index contributed by atoms with van der Waals surface area (Å²) in [7, 11) is -3.89. The van der Waals surface area contributed by atoms with Crippen molar-refractivity contribution in [3.05, 3.63) is 18.6 Å². The lowest BCUT2D eigenvalue weighted by atomic mass is 10.1. The fourth-order valence-electron chi connectivity index (χ4n) is 3.91. The van der Waals surface area contributed by atoms with Gasteiger partial charge in [-0.25, -0.2) is 15.1 Å². The second-order valence-electron chi connectivity index (χ2n) is 7.42. The Labute approximate surface area is 163 Å². The molecule has 2 aromatic rings. The van der Waals surface area contributed by atoms with Crippen LogP contribution in [-0.2, 0) is 19.3 Å². The van der Waals surface area contributed by atoms with Crippen LogP contribution in [0.1, 0.15) is 38.6 Å². The van der Waals surface area contributed by atoms with Crippen LogP contribution in [0.25, 0.3) is 11.0 Å². The maximum Gasteiger partial charge on any atom is 0.333 e. The van der Waals surface area contributed by atoms with Crippen molar-refractivity contribution in [3.8, 4) is 0 Å². The van der Waals surface area contributed by atoms with Gasteiger partial charge < -0.3 is 14.7 Å². The average Bonchev–Trinajstić information content (AvgIpc) is 3.36. The van der Waals surface area contributed by atoms with Gasteiger partial charge in [0.2, 0.25) is 0 Å². The number of hydrogen-bond donors (Lipinski definition) is 2. The van der Waals surface area contributed by atoms with Crippen LogP contribution in [-0.4, -0.2) is 47.9 Å². The van der Waals surface area contributed by atoms with Crippen LogP contribution in [0.15, 0.2) is 23.7 Å². The Hall–Kier alpha value is -2.24. The van der Waals surface area contributed by atoms with Crippen LogP contribution in [0.3, 0.4) is 0 Å². The van der Waals surface area contributed by atoms with Crippen molar-refractivity contribution in [2.75, 3.05) is 18.5 Å². The van der Waals surface area contributed by atoms with Crippen LogP contribution in [0.4, 0.5) is 5.82 Å². The molecule has 3 N–H and O–H groups in total. The summed E-state index contributed by atoms with van der Waals surface area (Å²) >= 11 is 0. The maximum atomic E-state index is 11.0. The van der Waals surface area contributed by atoms with Gasteiger partial charge in [0, 0.05) is 18.7 Å². The van der Waals surface area contributed by atoms with Crippen LogP contribution in [0, 0.1) is 5.92 Å². The van der Waals surface area contributed by atoms with Crippen LogP contribution in [0.2, 0.25) is 0 Å². The van der Waals surface area contributed by atoms with Crippen molar-refractivity contribution >= 4 is 32.9 Å². The molecule has 0 spiro atoms. The van der Waals surface area contributed by atoms with Gasteiger partial charge in [-0.05, 0) is 38.2 Å². The fraction of sp³-hybridized carbons (Fsp3) is 0.588. The summed E-state index contributed by atoms with van der Waals surface area (Å²) in [5.74, 6) is 0.917. The highest BCUT2D eigenvalue weighted by Gasteiger charge is 2.28. The summed E-state index contributed by atoms with van der Waals surface area (Å²) in [5.41, 5.74) is 1.82. The van der Waals surface area contributed by atoms with Crippen molar-refractivity contribution in [2.45, 2.75) is 44.8 Å². The van der Waals surface area contributed by atoms with E-state index < -0.39 is 10.3 Å². The van der Waals surface area contributed by atoms with E-state index in [1.807, 2.05) is 19.2 Å². The standard InChI is InChI=1S/C17H24N6O4S/c1-11-6-13(22-27-11)8-19-16-15-4-5-23(17(15)21-10-20-16)14-3-2-12(7-14)9-26-28(18,24)25/h4-5,10-12,14H,2-3,6-9H2,1H3,(H2,18,24,25)(H,19,20,21)/t11?,12-,14-/m0/s1. The van der Waals surface area contributed by atoms with E-state index in [1.165, 1.54) is 0 Å². The highest BCUT2D eigenvalue weighted by molar-refractivity contribution is 7.84. The van der Waals surface area contributed by atoms with Crippen LogP contribution < -0.4 is 10.5 Å². The molecular weight excluding hydrogens is 384 g/mol. The summed E-state index contributed by atoms with van der Waals surface area (Å²) < 4.78 is 28.9. The highest BCUT2D eigenvalue weighted by Crippen LogP contribution is 2.37. The molecule has 28 heavy (non-hydrogen) atoms. The van der Waals surface area contributed by atoms with E-state index in [2.05, 4.69) is 25.0 Å². The Morgan fingerprint density at radius 1 is 1.39 bits per heavy atom. The molecule has 0 aromatic carbocycles. The Morgan fingerprint density at radius 3 is 3.00 bits per heavy atom. The zero-order valence-corrected chi connectivity index (χ0v) is 16.4. The quantitative estimate of drug-likeness (QED) is 0.710. The maximum absolute atomic E-state index is 11.0. The van der Waals surface area contributed by atoms with Crippen LogP contribution >= 0.6 is 0 Å². The first-order chi connectivity index (χ1) is 13.4. The van der Waals surface area contributed by atoms with Gasteiger partial charge in [-0.1, -0.05) is 5.16 Å². The number of oxime groups is 1. The summed E-state index contributed by atoms with van der Waals surface area (Å²) in [6.07, 6.45) is 7.13. The Kier molecular flexibility index (Phi) is 5.21. The first kappa shape index (κ1) is 19.1. The number of nitrogens with zero attached hydrogens (tertiary/aromatic N) is 4. The largest absolute Gasteiger partial charge is 0.392 e. The molecule has 4 rings (SSSR count). The molecule has 152 valence electrons. The number of rotatable bonds is 7. The van der Waals surface area contributed by atoms with Gasteiger partial charge in [0.1, 0.15) is 23.9 Å². The van der Waals surface area contributed by atoms with Crippen molar-refractivity contribution in [1.29, 1.82) is 0 Å². The fourth-order valence-corrected chi connectivity index (χ4v) is 4.29. The number of hydrogen-bond acceptors (Lipinski definition) is 8. The molecular formula is C17H24N6O4S. The molecule has 10 nitrogen and oxygen atoms in total. The van der Waals surface area contributed by atoms with Crippen molar-refractivity contribution in [1.82, 2.24) is 14.5 Å². The SMILES string of the molecule is CC1CC(CNc2ncnc3c2ccn3[C@H]2CC[C@H](COS(N)(=O)=O)C2)=NO1. The molecule has 2 aromatic heterocycles. The molecule has 1 saturated carbocycles. The van der Waals surface area contributed by atoms with Crippen molar-refractivity contribution in [3.63, 3.8) is 0 Å². The first-order valence-corrected chi connectivity index (χ1v) is 10.8. The zero-order valence-electron chi connectivity index (χ0n) is 15.6. The number of aromatic nitrogens is 3. The van der Waals surface area contributed by atoms with Crippen LogP contribution in [0.5, 0.6) is 0 Å². The molecule has 0 radical (unpaired) electrons.